The topological polar surface area (TPSA) is 137 Å². The van der Waals surface area contributed by atoms with Crippen LogP contribution in [0.5, 0.6) is 11.5 Å². The summed E-state index contributed by atoms with van der Waals surface area (Å²) in [5, 5.41) is 13.0. The van der Waals surface area contributed by atoms with Gasteiger partial charge in [-0.3, -0.25) is 14.9 Å². The standard InChI is InChI=1S/C27H41NO9/c1-9-17(6)23(29)35-21-13-12-20(14-22(21)36-24(30)18(7)10-2)15-27(25(31)32,28-19(8)11-3)37-26(33)34-16(4)5/h12-14,16-19,28H,9-11,15H2,1-8H3,(H,31,32)/t17?,18?,19?,27-/m0/s1. The fourth-order valence-corrected chi connectivity index (χ4v) is 3.02. The number of aliphatic carboxylic acids is 1. The quantitative estimate of drug-likeness (QED) is 0.197. The molecule has 1 aromatic rings. The Morgan fingerprint density at radius 1 is 0.865 bits per heavy atom. The van der Waals surface area contributed by atoms with E-state index in [9.17, 15) is 24.3 Å². The van der Waals surface area contributed by atoms with E-state index in [2.05, 4.69) is 5.32 Å². The summed E-state index contributed by atoms with van der Waals surface area (Å²) in [7, 11) is 0. The molecule has 2 N–H and O–H groups in total. The van der Waals surface area contributed by atoms with Gasteiger partial charge in [-0.15, -0.1) is 0 Å². The number of ether oxygens (including phenoxy) is 4. The normalized spacial score (nSPS) is 15.2. The summed E-state index contributed by atoms with van der Waals surface area (Å²) in [5.41, 5.74) is -1.82. The number of nitrogens with one attached hydrogen (secondary N) is 1. The molecule has 0 spiro atoms. The van der Waals surface area contributed by atoms with Crippen LogP contribution in [0.25, 0.3) is 0 Å². The van der Waals surface area contributed by atoms with Crippen LogP contribution in [0.3, 0.4) is 0 Å². The van der Waals surface area contributed by atoms with E-state index in [1.165, 1.54) is 18.2 Å². The largest absolute Gasteiger partial charge is 0.510 e. The molecule has 1 rings (SSSR count). The first-order valence-corrected chi connectivity index (χ1v) is 12.7. The van der Waals surface area contributed by atoms with Crippen molar-refractivity contribution in [3.63, 3.8) is 0 Å². The molecule has 0 aromatic heterocycles. The van der Waals surface area contributed by atoms with Gasteiger partial charge in [-0.25, -0.2) is 9.59 Å². The van der Waals surface area contributed by atoms with Gasteiger partial charge in [0.05, 0.1) is 17.9 Å². The molecule has 10 nitrogen and oxygen atoms in total. The Balaban J connectivity index is 3.50. The van der Waals surface area contributed by atoms with E-state index < -0.39 is 41.8 Å². The van der Waals surface area contributed by atoms with Crippen LogP contribution in [0.2, 0.25) is 0 Å². The Labute approximate surface area is 219 Å². The van der Waals surface area contributed by atoms with E-state index in [0.29, 0.717) is 24.8 Å². The minimum atomic E-state index is -2.17. The number of carbonyl (C=O) groups excluding carboxylic acids is 3. The Morgan fingerprint density at radius 2 is 1.41 bits per heavy atom. The SMILES string of the molecule is CCC(C)N[C@@](Cc1ccc(OC(=O)C(C)CC)c(OC(=O)C(C)CC)c1)(OC(=O)OC(C)C)C(=O)O. The molecule has 0 amide bonds. The average Bonchev–Trinajstić information content (AvgIpc) is 2.83. The molecule has 10 heteroatoms. The number of esters is 2. The van der Waals surface area contributed by atoms with Crippen LogP contribution in [0, 0.1) is 11.8 Å². The first kappa shape index (κ1) is 31.9. The highest BCUT2D eigenvalue weighted by atomic mass is 16.7. The van der Waals surface area contributed by atoms with Crippen molar-refractivity contribution in [1.29, 1.82) is 0 Å². The summed E-state index contributed by atoms with van der Waals surface area (Å²) in [4.78, 5) is 49.8. The van der Waals surface area contributed by atoms with Crippen molar-refractivity contribution >= 4 is 24.1 Å². The monoisotopic (exact) mass is 523 g/mol. The molecule has 0 aliphatic heterocycles. The molecule has 208 valence electrons. The van der Waals surface area contributed by atoms with Gasteiger partial charge in [-0.2, -0.15) is 0 Å². The van der Waals surface area contributed by atoms with Crippen LogP contribution < -0.4 is 14.8 Å². The van der Waals surface area contributed by atoms with E-state index in [1.807, 2.05) is 20.8 Å². The Hall–Kier alpha value is -3.14. The number of carbonyl (C=O) groups is 4. The predicted octanol–water partition coefficient (Wildman–Crippen LogP) is 4.86. The fraction of sp³-hybridized carbons (Fsp3) is 0.630. The van der Waals surface area contributed by atoms with Crippen molar-refractivity contribution in [2.45, 2.75) is 98.9 Å². The van der Waals surface area contributed by atoms with Crippen LogP contribution in [0.4, 0.5) is 4.79 Å². The van der Waals surface area contributed by atoms with Gasteiger partial charge < -0.3 is 24.1 Å². The molecule has 4 atom stereocenters. The van der Waals surface area contributed by atoms with Crippen LogP contribution >= 0.6 is 0 Å². The molecule has 0 heterocycles. The summed E-state index contributed by atoms with van der Waals surface area (Å²) in [6.45, 7) is 13.9. The van der Waals surface area contributed by atoms with Crippen molar-refractivity contribution in [3.05, 3.63) is 23.8 Å². The zero-order valence-corrected chi connectivity index (χ0v) is 23.1. The minimum Gasteiger partial charge on any atom is -0.477 e. The maximum atomic E-state index is 12.6. The number of hydrogen-bond donors (Lipinski definition) is 2. The van der Waals surface area contributed by atoms with Gasteiger partial charge in [-0.1, -0.05) is 40.7 Å². The lowest BCUT2D eigenvalue weighted by Crippen LogP contribution is -2.59. The van der Waals surface area contributed by atoms with Gasteiger partial charge in [0.25, 0.3) is 5.72 Å². The highest BCUT2D eigenvalue weighted by molar-refractivity contribution is 5.81. The molecule has 0 bridgehead atoms. The molecular formula is C27H41NO9. The molecule has 0 fully saturated rings. The number of benzene rings is 1. The van der Waals surface area contributed by atoms with Crippen LogP contribution in [0.1, 0.15) is 80.2 Å². The second-order valence-corrected chi connectivity index (χ2v) is 9.52. The molecule has 0 aliphatic carbocycles. The number of carboxylic acids is 1. The minimum absolute atomic E-state index is 0.0293. The first-order valence-electron chi connectivity index (χ1n) is 12.7. The molecule has 0 saturated heterocycles. The van der Waals surface area contributed by atoms with Crippen molar-refractivity contribution in [2.75, 3.05) is 0 Å². The molecule has 3 unspecified atom stereocenters. The maximum Gasteiger partial charge on any atom is 0.510 e. The Morgan fingerprint density at radius 3 is 1.86 bits per heavy atom. The van der Waals surface area contributed by atoms with E-state index in [4.69, 9.17) is 18.9 Å². The average molecular weight is 524 g/mol. The molecule has 0 saturated carbocycles. The lowest BCUT2D eigenvalue weighted by Gasteiger charge is -2.32. The van der Waals surface area contributed by atoms with E-state index in [0.717, 1.165) is 0 Å². The third kappa shape index (κ3) is 9.68. The van der Waals surface area contributed by atoms with Crippen LogP contribution in [-0.2, 0) is 30.3 Å². The zero-order chi connectivity index (χ0) is 28.3. The van der Waals surface area contributed by atoms with E-state index >= 15 is 0 Å². The van der Waals surface area contributed by atoms with Crippen LogP contribution in [-0.4, -0.2) is 47.0 Å². The number of carboxylic acid groups (broad SMARTS) is 1. The first-order chi connectivity index (χ1) is 17.3. The lowest BCUT2D eigenvalue weighted by atomic mass is 10.00. The van der Waals surface area contributed by atoms with Gasteiger partial charge in [0.1, 0.15) is 0 Å². The molecule has 1 aromatic carbocycles. The second kappa shape index (κ2) is 14.6. The second-order valence-electron chi connectivity index (χ2n) is 9.52. The van der Waals surface area contributed by atoms with Gasteiger partial charge in [0.2, 0.25) is 0 Å². The summed E-state index contributed by atoms with van der Waals surface area (Å²) in [5.74, 6) is -3.25. The third-order valence-electron chi connectivity index (χ3n) is 5.94. The summed E-state index contributed by atoms with van der Waals surface area (Å²) >= 11 is 0. The molecule has 0 radical (unpaired) electrons. The summed E-state index contributed by atoms with van der Waals surface area (Å²) < 4.78 is 21.4. The highest BCUT2D eigenvalue weighted by Crippen LogP contribution is 2.32. The highest BCUT2D eigenvalue weighted by Gasteiger charge is 2.45. The van der Waals surface area contributed by atoms with Gasteiger partial charge in [0, 0.05) is 12.5 Å². The molecule has 0 aliphatic rings. The third-order valence-corrected chi connectivity index (χ3v) is 5.94. The van der Waals surface area contributed by atoms with Crippen molar-refractivity contribution in [1.82, 2.24) is 5.32 Å². The number of rotatable bonds is 14. The molecular weight excluding hydrogens is 482 g/mol. The van der Waals surface area contributed by atoms with E-state index in [-0.39, 0.29) is 29.9 Å². The Bertz CT molecular complexity index is 946. The smallest absolute Gasteiger partial charge is 0.477 e. The van der Waals surface area contributed by atoms with Crippen LogP contribution in [0.15, 0.2) is 18.2 Å². The lowest BCUT2D eigenvalue weighted by molar-refractivity contribution is -0.167. The molecule has 37 heavy (non-hydrogen) atoms. The van der Waals surface area contributed by atoms with E-state index in [1.54, 1.807) is 34.6 Å². The number of hydrogen-bond acceptors (Lipinski definition) is 9. The maximum absolute atomic E-state index is 12.6. The Kier molecular flexibility index (Phi) is 12.6. The van der Waals surface area contributed by atoms with Crippen molar-refractivity contribution in [2.24, 2.45) is 11.8 Å². The van der Waals surface area contributed by atoms with Gasteiger partial charge in [-0.05, 0) is 57.7 Å². The summed E-state index contributed by atoms with van der Waals surface area (Å²) in [6, 6.07) is 4.03. The fourth-order valence-electron chi connectivity index (χ4n) is 3.02. The summed E-state index contributed by atoms with van der Waals surface area (Å²) in [6.07, 6.45) is -0.338. The van der Waals surface area contributed by atoms with Gasteiger partial charge >= 0.3 is 24.1 Å². The van der Waals surface area contributed by atoms with Gasteiger partial charge in [0.15, 0.2) is 11.5 Å². The predicted molar refractivity (Wildman–Crippen MR) is 136 cm³/mol. The van der Waals surface area contributed by atoms with Crippen molar-refractivity contribution in [3.8, 4) is 11.5 Å². The van der Waals surface area contributed by atoms with Crippen molar-refractivity contribution < 1.29 is 43.2 Å². The zero-order valence-electron chi connectivity index (χ0n) is 23.1.